The second kappa shape index (κ2) is 8.93. The van der Waals surface area contributed by atoms with Crippen molar-refractivity contribution in [2.24, 2.45) is 0 Å². The highest BCUT2D eigenvalue weighted by Crippen LogP contribution is 2.38. The first-order chi connectivity index (χ1) is 15.5. The van der Waals surface area contributed by atoms with E-state index in [9.17, 15) is 8.42 Å². The quantitative estimate of drug-likeness (QED) is 0.338. The van der Waals surface area contributed by atoms with Gasteiger partial charge in [0.2, 0.25) is 15.9 Å². The zero-order valence-corrected chi connectivity index (χ0v) is 19.9. The van der Waals surface area contributed by atoms with E-state index in [1.807, 2.05) is 18.2 Å². The summed E-state index contributed by atoms with van der Waals surface area (Å²) < 4.78 is 34.6. The van der Waals surface area contributed by atoms with Crippen LogP contribution in [0.2, 0.25) is 0 Å². The van der Waals surface area contributed by atoms with E-state index in [4.69, 9.17) is 9.40 Å². The molecule has 3 heterocycles. The molecule has 1 fully saturated rings. The molecule has 166 valence electrons. The third kappa shape index (κ3) is 4.32. The molecule has 1 unspecified atom stereocenters. The number of aromatic nitrogens is 3. The maximum absolute atomic E-state index is 13.0. The Labute approximate surface area is 194 Å². The van der Waals surface area contributed by atoms with Crippen LogP contribution in [-0.4, -0.2) is 41.0 Å². The number of sulfonamides is 1. The lowest BCUT2D eigenvalue weighted by atomic mass is 10.2. The van der Waals surface area contributed by atoms with Gasteiger partial charge in [0.05, 0.1) is 20.4 Å². The van der Waals surface area contributed by atoms with Gasteiger partial charge in [-0.05, 0) is 50.1 Å². The average Bonchev–Trinajstić information content (AvgIpc) is 3.47. The molecule has 0 spiro atoms. The molecule has 2 aromatic heterocycles. The summed E-state index contributed by atoms with van der Waals surface area (Å²) in [5.41, 5.74) is 1.58. The molecular weight excluding hydrogens is 464 g/mol. The normalized spacial score (nSPS) is 16.4. The van der Waals surface area contributed by atoms with E-state index in [1.54, 1.807) is 39.9 Å². The minimum absolute atomic E-state index is 0.0477. The highest BCUT2D eigenvalue weighted by Gasteiger charge is 2.26. The smallest absolute Gasteiger partial charge is 0.277 e. The van der Waals surface area contributed by atoms with Crippen molar-refractivity contribution in [2.45, 2.75) is 41.6 Å². The van der Waals surface area contributed by atoms with Gasteiger partial charge in [0, 0.05) is 18.7 Å². The van der Waals surface area contributed by atoms with Crippen LogP contribution in [0.3, 0.4) is 0 Å². The van der Waals surface area contributed by atoms with Gasteiger partial charge in [-0.15, -0.1) is 21.5 Å². The number of hydrogen-bond acceptors (Lipinski definition) is 8. The van der Waals surface area contributed by atoms with Crippen LogP contribution in [0.4, 0.5) is 0 Å². The van der Waals surface area contributed by atoms with Crippen molar-refractivity contribution in [2.75, 3.05) is 13.1 Å². The Morgan fingerprint density at radius 3 is 2.69 bits per heavy atom. The van der Waals surface area contributed by atoms with Crippen LogP contribution in [0.1, 0.15) is 36.4 Å². The van der Waals surface area contributed by atoms with E-state index in [-0.39, 0.29) is 10.1 Å². The van der Waals surface area contributed by atoms with Gasteiger partial charge in [-0.25, -0.2) is 13.4 Å². The number of rotatable bonds is 6. The maximum atomic E-state index is 13.0. The highest BCUT2D eigenvalue weighted by molar-refractivity contribution is 7.99. The number of thiazole rings is 1. The lowest BCUT2D eigenvalue weighted by molar-refractivity contribution is 0.346. The maximum Gasteiger partial charge on any atom is 0.277 e. The van der Waals surface area contributed by atoms with Gasteiger partial charge < -0.3 is 4.42 Å². The van der Waals surface area contributed by atoms with Gasteiger partial charge in [-0.3, -0.25) is 0 Å². The Kier molecular flexibility index (Phi) is 6.02. The second-order valence-corrected chi connectivity index (χ2v) is 11.9. The molecule has 0 aliphatic carbocycles. The summed E-state index contributed by atoms with van der Waals surface area (Å²) in [6.45, 7) is 3.19. The van der Waals surface area contributed by atoms with Gasteiger partial charge >= 0.3 is 0 Å². The molecule has 5 rings (SSSR count). The Balaban J connectivity index is 1.34. The third-order valence-electron chi connectivity index (χ3n) is 5.38. The number of hydrogen-bond donors (Lipinski definition) is 0. The zero-order chi connectivity index (χ0) is 22.1. The average molecular weight is 487 g/mol. The van der Waals surface area contributed by atoms with Crippen LogP contribution in [0.15, 0.2) is 63.1 Å². The fraction of sp³-hybridized carbons (Fsp3) is 0.318. The summed E-state index contributed by atoms with van der Waals surface area (Å²) in [6, 6.07) is 14.8. The molecule has 2 aromatic carbocycles. The molecule has 1 aliphatic rings. The minimum atomic E-state index is -3.52. The number of benzene rings is 2. The lowest BCUT2D eigenvalue weighted by Gasteiger charge is -2.25. The Hall–Kier alpha value is -2.27. The predicted octanol–water partition coefficient (Wildman–Crippen LogP) is 5.37. The van der Waals surface area contributed by atoms with E-state index in [2.05, 4.69) is 23.2 Å². The van der Waals surface area contributed by atoms with E-state index in [0.717, 1.165) is 34.5 Å². The van der Waals surface area contributed by atoms with Crippen LogP contribution in [0.5, 0.6) is 0 Å². The molecule has 32 heavy (non-hydrogen) atoms. The summed E-state index contributed by atoms with van der Waals surface area (Å²) in [6.07, 6.45) is 2.87. The number of piperidine rings is 1. The van der Waals surface area contributed by atoms with E-state index in [1.165, 1.54) is 11.8 Å². The topological polar surface area (TPSA) is 89.2 Å². The van der Waals surface area contributed by atoms with Crippen molar-refractivity contribution in [1.29, 1.82) is 0 Å². The van der Waals surface area contributed by atoms with Crippen molar-refractivity contribution in [3.63, 3.8) is 0 Å². The molecule has 7 nitrogen and oxygen atoms in total. The van der Waals surface area contributed by atoms with Crippen molar-refractivity contribution in [3.8, 4) is 11.5 Å². The number of fused-ring (bicyclic) bond motifs is 1. The van der Waals surface area contributed by atoms with Gasteiger partial charge in [0.15, 0.2) is 0 Å². The zero-order valence-electron chi connectivity index (χ0n) is 17.5. The second-order valence-electron chi connectivity index (χ2n) is 7.65. The highest BCUT2D eigenvalue weighted by atomic mass is 32.2. The minimum Gasteiger partial charge on any atom is -0.411 e. The van der Waals surface area contributed by atoms with Gasteiger partial charge in [0.25, 0.3) is 5.22 Å². The van der Waals surface area contributed by atoms with Gasteiger partial charge in [0.1, 0.15) is 5.01 Å². The van der Waals surface area contributed by atoms with E-state index < -0.39 is 10.0 Å². The van der Waals surface area contributed by atoms with Crippen molar-refractivity contribution >= 4 is 43.3 Å². The van der Waals surface area contributed by atoms with Crippen molar-refractivity contribution < 1.29 is 12.8 Å². The van der Waals surface area contributed by atoms with E-state index in [0.29, 0.717) is 29.8 Å². The SMILES string of the molecule is CC(Sc1nnc(-c2cccc(S(=O)(=O)N3CCCCC3)c2)o1)c1nc2ccccc2s1. The summed E-state index contributed by atoms with van der Waals surface area (Å²) in [4.78, 5) is 4.95. The van der Waals surface area contributed by atoms with Crippen LogP contribution < -0.4 is 0 Å². The van der Waals surface area contributed by atoms with Crippen LogP contribution in [0.25, 0.3) is 21.7 Å². The summed E-state index contributed by atoms with van der Waals surface area (Å²) >= 11 is 3.09. The fourth-order valence-electron chi connectivity index (χ4n) is 3.68. The number of para-hydroxylation sites is 1. The molecule has 0 N–H and O–H groups in total. The first-order valence-electron chi connectivity index (χ1n) is 10.5. The van der Waals surface area contributed by atoms with E-state index >= 15 is 0 Å². The molecule has 4 aromatic rings. The first-order valence-corrected chi connectivity index (χ1v) is 13.6. The van der Waals surface area contributed by atoms with Crippen LogP contribution >= 0.6 is 23.1 Å². The molecule has 0 amide bonds. The molecule has 1 atom stereocenters. The molecule has 0 bridgehead atoms. The number of thioether (sulfide) groups is 1. The molecule has 10 heteroatoms. The Morgan fingerprint density at radius 2 is 1.88 bits per heavy atom. The molecule has 0 radical (unpaired) electrons. The largest absolute Gasteiger partial charge is 0.411 e. The Morgan fingerprint density at radius 1 is 1.06 bits per heavy atom. The summed E-state index contributed by atoms with van der Waals surface area (Å²) in [7, 11) is -3.52. The first kappa shape index (κ1) is 21.6. The molecule has 0 saturated carbocycles. The van der Waals surface area contributed by atoms with Crippen LogP contribution in [0, 0.1) is 0 Å². The predicted molar refractivity (Wildman–Crippen MR) is 126 cm³/mol. The third-order valence-corrected chi connectivity index (χ3v) is 9.58. The summed E-state index contributed by atoms with van der Waals surface area (Å²) in [5, 5.41) is 9.77. The monoisotopic (exact) mass is 486 g/mol. The molecular formula is C22H22N4O3S3. The van der Waals surface area contributed by atoms with Crippen molar-refractivity contribution in [3.05, 3.63) is 53.5 Å². The number of nitrogens with zero attached hydrogens (tertiary/aromatic N) is 4. The van der Waals surface area contributed by atoms with Crippen LogP contribution in [-0.2, 0) is 10.0 Å². The standard InChI is InChI=1S/C22H22N4O3S3/c1-15(21-23-18-10-3-4-11-19(18)31-21)30-22-25-24-20(29-22)16-8-7-9-17(14-16)32(27,28)26-12-5-2-6-13-26/h3-4,7-11,14-15H,2,5-6,12-13H2,1H3. The lowest BCUT2D eigenvalue weighted by Crippen LogP contribution is -2.35. The van der Waals surface area contributed by atoms with Gasteiger partial charge in [-0.2, -0.15) is 4.31 Å². The summed E-state index contributed by atoms with van der Waals surface area (Å²) in [5.74, 6) is 0.305. The molecule has 1 saturated heterocycles. The van der Waals surface area contributed by atoms with Crippen molar-refractivity contribution in [1.82, 2.24) is 19.5 Å². The molecule has 1 aliphatic heterocycles. The van der Waals surface area contributed by atoms with Gasteiger partial charge in [-0.1, -0.05) is 36.4 Å². The Bertz CT molecular complexity index is 1310. The fourth-order valence-corrected chi connectivity index (χ4v) is 7.11.